The first-order valence-corrected chi connectivity index (χ1v) is 9.50. The molecule has 2 aliphatic rings. The van der Waals surface area contributed by atoms with Gasteiger partial charge in [-0.2, -0.15) is 0 Å². The first kappa shape index (κ1) is 13.1. The Morgan fingerprint density at radius 1 is 1.35 bits per heavy atom. The molecule has 98 valence electrons. The Balaban J connectivity index is 2.17. The predicted octanol–water partition coefficient (Wildman–Crippen LogP) is 2.68. The van der Waals surface area contributed by atoms with Crippen molar-refractivity contribution < 1.29 is 9.22 Å². The van der Waals surface area contributed by atoms with E-state index in [2.05, 4.69) is 46.1 Å². The molecule has 1 spiro atoms. The molecule has 2 atom stereocenters. The molecular formula is C13H25NO2Si. The summed E-state index contributed by atoms with van der Waals surface area (Å²) in [5.41, 5.74) is -0.172. The molecule has 2 rings (SSSR count). The van der Waals surface area contributed by atoms with Crippen LogP contribution in [-0.2, 0) is 9.22 Å². The van der Waals surface area contributed by atoms with Crippen LogP contribution in [-0.4, -0.2) is 26.4 Å². The van der Waals surface area contributed by atoms with Crippen LogP contribution in [0.4, 0.5) is 0 Å². The lowest BCUT2D eigenvalue weighted by Crippen LogP contribution is -2.48. The second-order valence-electron chi connectivity index (χ2n) is 7.22. The predicted molar refractivity (Wildman–Crippen MR) is 71.3 cm³/mol. The topological polar surface area (TPSA) is 38.3 Å². The number of hydrogen-bond acceptors (Lipinski definition) is 2. The highest BCUT2D eigenvalue weighted by Crippen LogP contribution is 2.55. The summed E-state index contributed by atoms with van der Waals surface area (Å²) in [5.74, 6) is 0.216. The van der Waals surface area contributed by atoms with E-state index in [9.17, 15) is 4.79 Å². The minimum Gasteiger partial charge on any atom is -0.411 e. The molecule has 3 nitrogen and oxygen atoms in total. The number of nitrogens with one attached hydrogen (secondary N) is 1. The minimum atomic E-state index is -1.78. The van der Waals surface area contributed by atoms with Gasteiger partial charge < -0.3 is 9.74 Å². The maximum Gasteiger partial charge on any atom is 0.229 e. The first-order chi connectivity index (χ1) is 7.60. The van der Waals surface area contributed by atoms with Crippen LogP contribution in [0.2, 0.25) is 18.1 Å². The van der Waals surface area contributed by atoms with E-state index >= 15 is 0 Å². The Morgan fingerprint density at radius 2 is 1.88 bits per heavy atom. The molecule has 1 aliphatic heterocycles. The van der Waals surface area contributed by atoms with Crippen LogP contribution in [0.5, 0.6) is 0 Å². The Labute approximate surface area is 105 Å². The fraction of sp³-hybridized carbons (Fsp3) is 0.923. The monoisotopic (exact) mass is 255 g/mol. The molecule has 0 aromatic carbocycles. The average Bonchev–Trinajstić information content (AvgIpc) is 2.88. The Bertz CT molecular complexity index is 342. The number of hydrogen-bond donors (Lipinski definition) is 1. The summed E-state index contributed by atoms with van der Waals surface area (Å²) in [5, 5.41) is 3.25. The van der Waals surface area contributed by atoms with Gasteiger partial charge in [0.15, 0.2) is 8.32 Å². The van der Waals surface area contributed by atoms with E-state index in [1.165, 1.54) is 0 Å². The zero-order valence-electron chi connectivity index (χ0n) is 11.9. The maximum absolute atomic E-state index is 11.9. The van der Waals surface area contributed by atoms with Gasteiger partial charge in [-0.15, -0.1) is 0 Å². The van der Waals surface area contributed by atoms with E-state index in [1.807, 2.05) is 0 Å². The zero-order valence-corrected chi connectivity index (χ0v) is 12.9. The molecule has 0 bridgehead atoms. The van der Waals surface area contributed by atoms with Crippen molar-refractivity contribution in [1.29, 1.82) is 0 Å². The third-order valence-electron chi connectivity index (χ3n) is 4.83. The SMILES string of the molecule is C[C@@H]1NC(=O)C2(CC2)[C@@H]1O[Si](C)(C)C(C)(C)C. The van der Waals surface area contributed by atoms with Crippen LogP contribution in [0.3, 0.4) is 0 Å². The number of carbonyl (C=O) groups excluding carboxylic acids is 1. The van der Waals surface area contributed by atoms with Crippen molar-refractivity contribution >= 4 is 14.2 Å². The van der Waals surface area contributed by atoms with Gasteiger partial charge in [-0.3, -0.25) is 4.79 Å². The van der Waals surface area contributed by atoms with Crippen LogP contribution >= 0.6 is 0 Å². The molecule has 0 aromatic rings. The van der Waals surface area contributed by atoms with Crippen molar-refractivity contribution in [2.45, 2.75) is 70.8 Å². The second-order valence-corrected chi connectivity index (χ2v) is 12.0. The standard InChI is InChI=1S/C13H25NO2Si/c1-9-10(13(7-8-13)11(15)14-9)16-17(5,6)12(2,3)4/h9-10H,7-8H2,1-6H3,(H,14,15)/t9-,10+/m0/s1. The van der Waals surface area contributed by atoms with Crippen molar-refractivity contribution in [2.75, 3.05) is 0 Å². The Hall–Kier alpha value is -0.353. The van der Waals surface area contributed by atoms with E-state index in [-0.39, 0.29) is 28.5 Å². The first-order valence-electron chi connectivity index (χ1n) is 6.59. The smallest absolute Gasteiger partial charge is 0.229 e. The molecule has 1 aliphatic carbocycles. The van der Waals surface area contributed by atoms with Crippen LogP contribution < -0.4 is 5.32 Å². The van der Waals surface area contributed by atoms with E-state index in [0.29, 0.717) is 0 Å². The van der Waals surface area contributed by atoms with Gasteiger partial charge in [0, 0.05) is 0 Å². The van der Waals surface area contributed by atoms with Gasteiger partial charge >= 0.3 is 0 Å². The molecule has 0 radical (unpaired) electrons. The molecule has 0 unspecified atom stereocenters. The van der Waals surface area contributed by atoms with E-state index in [4.69, 9.17) is 4.43 Å². The van der Waals surface area contributed by atoms with Crippen LogP contribution in [0.25, 0.3) is 0 Å². The van der Waals surface area contributed by atoms with Crippen molar-refractivity contribution in [2.24, 2.45) is 5.41 Å². The van der Waals surface area contributed by atoms with Gasteiger partial charge in [-0.1, -0.05) is 20.8 Å². The molecule has 2 fully saturated rings. The fourth-order valence-corrected chi connectivity index (χ4v) is 3.81. The van der Waals surface area contributed by atoms with Crippen molar-refractivity contribution in [3.8, 4) is 0 Å². The quantitative estimate of drug-likeness (QED) is 0.770. The van der Waals surface area contributed by atoms with Gasteiger partial charge in [-0.25, -0.2) is 0 Å². The maximum atomic E-state index is 11.9. The van der Waals surface area contributed by atoms with E-state index < -0.39 is 8.32 Å². The summed E-state index contributed by atoms with van der Waals surface area (Å²) in [6, 6.07) is 0.166. The summed E-state index contributed by atoms with van der Waals surface area (Å²) >= 11 is 0. The fourth-order valence-electron chi connectivity index (χ4n) is 2.39. The lowest BCUT2D eigenvalue weighted by atomic mass is 9.99. The van der Waals surface area contributed by atoms with Gasteiger partial charge in [0.1, 0.15) is 0 Å². The Kier molecular flexibility index (Phi) is 2.75. The van der Waals surface area contributed by atoms with E-state index in [1.54, 1.807) is 0 Å². The molecule has 1 N–H and O–H groups in total. The third kappa shape index (κ3) is 1.95. The molecular weight excluding hydrogens is 230 g/mol. The highest BCUT2D eigenvalue weighted by Gasteiger charge is 2.63. The van der Waals surface area contributed by atoms with E-state index in [0.717, 1.165) is 12.8 Å². The largest absolute Gasteiger partial charge is 0.411 e. The number of rotatable bonds is 2. The number of carbonyl (C=O) groups is 1. The average molecular weight is 255 g/mol. The summed E-state index contributed by atoms with van der Waals surface area (Å²) in [4.78, 5) is 11.9. The highest BCUT2D eigenvalue weighted by molar-refractivity contribution is 6.74. The lowest BCUT2D eigenvalue weighted by molar-refractivity contribution is -0.124. The van der Waals surface area contributed by atoms with Crippen LogP contribution in [0.1, 0.15) is 40.5 Å². The molecule has 4 heteroatoms. The van der Waals surface area contributed by atoms with Gasteiger partial charge in [0.05, 0.1) is 17.6 Å². The lowest BCUT2D eigenvalue weighted by Gasteiger charge is -2.40. The summed E-state index contributed by atoms with van der Waals surface area (Å²) in [6.07, 6.45) is 2.10. The van der Waals surface area contributed by atoms with Gasteiger partial charge in [0.2, 0.25) is 5.91 Å². The van der Waals surface area contributed by atoms with Crippen molar-refractivity contribution in [3.63, 3.8) is 0 Å². The van der Waals surface area contributed by atoms with Gasteiger partial charge in [-0.05, 0) is 37.9 Å². The van der Waals surface area contributed by atoms with Crippen LogP contribution in [0, 0.1) is 5.41 Å². The van der Waals surface area contributed by atoms with Crippen molar-refractivity contribution in [1.82, 2.24) is 5.32 Å². The second kappa shape index (κ2) is 3.57. The highest BCUT2D eigenvalue weighted by atomic mass is 28.4. The molecule has 1 saturated carbocycles. The molecule has 0 aromatic heterocycles. The normalized spacial score (nSPS) is 31.8. The summed E-state index contributed by atoms with van der Waals surface area (Å²) in [7, 11) is -1.78. The summed E-state index contributed by atoms with van der Waals surface area (Å²) in [6.45, 7) is 13.3. The zero-order chi connectivity index (χ0) is 13.1. The van der Waals surface area contributed by atoms with Crippen LogP contribution in [0.15, 0.2) is 0 Å². The molecule has 1 heterocycles. The molecule has 1 saturated heterocycles. The minimum absolute atomic E-state index is 0.0934. The van der Waals surface area contributed by atoms with Gasteiger partial charge in [0.25, 0.3) is 0 Å². The van der Waals surface area contributed by atoms with Crippen molar-refractivity contribution in [3.05, 3.63) is 0 Å². The summed E-state index contributed by atoms with van der Waals surface area (Å²) < 4.78 is 6.48. The Morgan fingerprint density at radius 3 is 2.29 bits per heavy atom. The molecule has 1 amide bonds. The number of amides is 1. The molecule has 17 heavy (non-hydrogen) atoms. The third-order valence-corrected chi connectivity index (χ3v) is 9.28.